The van der Waals surface area contributed by atoms with E-state index in [0.29, 0.717) is 6.54 Å². The molecule has 3 rings (SSSR count). The van der Waals surface area contributed by atoms with Gasteiger partial charge in [0.2, 0.25) is 0 Å². The van der Waals surface area contributed by atoms with Crippen LogP contribution in [0.1, 0.15) is 11.3 Å². The fraction of sp³-hybridized carbons (Fsp3) is 0.0526. The van der Waals surface area contributed by atoms with Crippen molar-refractivity contribution in [3.63, 3.8) is 0 Å². The second-order valence-corrected chi connectivity index (χ2v) is 5.08. The Morgan fingerprint density at radius 1 is 0.957 bits per heavy atom. The smallest absolute Gasteiger partial charge is 0.115 e. The van der Waals surface area contributed by atoms with Crippen LogP contribution in [-0.4, -0.2) is 16.3 Å². The number of phenolic OH excluding ortho intramolecular Hbond substituents is 1. The molecule has 0 spiro atoms. The van der Waals surface area contributed by atoms with Gasteiger partial charge in [-0.05, 0) is 54.1 Å². The summed E-state index contributed by atoms with van der Waals surface area (Å²) in [4.78, 5) is 8.60. The lowest BCUT2D eigenvalue weighted by molar-refractivity contribution is 0.475. The minimum atomic E-state index is 0.281. The van der Waals surface area contributed by atoms with Gasteiger partial charge in [0.15, 0.2) is 0 Å². The van der Waals surface area contributed by atoms with Crippen molar-refractivity contribution in [1.82, 2.24) is 4.98 Å². The van der Waals surface area contributed by atoms with E-state index in [1.54, 1.807) is 24.5 Å². The molecule has 0 aliphatic heterocycles. The first-order valence-corrected chi connectivity index (χ1v) is 7.36. The van der Waals surface area contributed by atoms with Gasteiger partial charge in [-0.2, -0.15) is 0 Å². The van der Waals surface area contributed by atoms with Crippen molar-refractivity contribution in [3.8, 4) is 5.75 Å². The van der Waals surface area contributed by atoms with Crippen molar-refractivity contribution in [1.29, 1.82) is 0 Å². The van der Waals surface area contributed by atoms with Crippen LogP contribution in [0.4, 0.5) is 11.4 Å². The summed E-state index contributed by atoms with van der Waals surface area (Å²) >= 11 is 0. The molecule has 0 radical (unpaired) electrons. The number of benzene rings is 2. The number of aliphatic imine (C=N–C) groups is 1. The van der Waals surface area contributed by atoms with Gasteiger partial charge in [0, 0.05) is 18.4 Å². The van der Waals surface area contributed by atoms with E-state index in [1.807, 2.05) is 54.6 Å². The Kier molecular flexibility index (Phi) is 4.64. The molecule has 0 saturated heterocycles. The maximum Gasteiger partial charge on any atom is 0.115 e. The van der Waals surface area contributed by atoms with Gasteiger partial charge in [0.1, 0.15) is 5.75 Å². The van der Waals surface area contributed by atoms with Gasteiger partial charge < -0.3 is 10.4 Å². The van der Waals surface area contributed by atoms with E-state index in [1.165, 1.54) is 0 Å². The molecule has 23 heavy (non-hydrogen) atoms. The van der Waals surface area contributed by atoms with Crippen molar-refractivity contribution >= 4 is 17.6 Å². The molecule has 3 aromatic rings. The maximum atomic E-state index is 9.27. The first-order valence-electron chi connectivity index (χ1n) is 7.36. The monoisotopic (exact) mass is 303 g/mol. The molecule has 1 aromatic heterocycles. The number of aromatic nitrogens is 1. The average Bonchev–Trinajstić information content (AvgIpc) is 2.61. The molecular formula is C19H17N3O. The van der Waals surface area contributed by atoms with E-state index >= 15 is 0 Å². The Morgan fingerprint density at radius 3 is 2.43 bits per heavy atom. The predicted octanol–water partition coefficient (Wildman–Crippen LogP) is 4.15. The molecule has 0 bridgehead atoms. The lowest BCUT2D eigenvalue weighted by Crippen LogP contribution is -1.98. The van der Waals surface area contributed by atoms with Gasteiger partial charge in [0.05, 0.1) is 17.6 Å². The number of pyridine rings is 1. The number of nitrogens with one attached hydrogen (secondary N) is 1. The maximum absolute atomic E-state index is 9.27. The molecule has 1 heterocycles. The van der Waals surface area contributed by atoms with Crippen molar-refractivity contribution < 1.29 is 5.11 Å². The fourth-order valence-corrected chi connectivity index (χ4v) is 2.08. The second kappa shape index (κ2) is 7.22. The molecule has 4 heteroatoms. The third kappa shape index (κ3) is 4.41. The zero-order valence-electron chi connectivity index (χ0n) is 12.6. The number of nitrogens with zero attached hydrogens (tertiary/aromatic N) is 2. The van der Waals surface area contributed by atoms with Crippen LogP contribution < -0.4 is 5.32 Å². The van der Waals surface area contributed by atoms with E-state index in [-0.39, 0.29) is 5.75 Å². The topological polar surface area (TPSA) is 57.5 Å². The number of phenols is 1. The summed E-state index contributed by atoms with van der Waals surface area (Å²) < 4.78 is 0. The van der Waals surface area contributed by atoms with Crippen LogP contribution in [0.25, 0.3) is 0 Å². The number of hydrogen-bond donors (Lipinski definition) is 2. The number of aromatic hydroxyl groups is 1. The van der Waals surface area contributed by atoms with Gasteiger partial charge in [0.25, 0.3) is 0 Å². The second-order valence-electron chi connectivity index (χ2n) is 5.08. The van der Waals surface area contributed by atoms with Gasteiger partial charge in [-0.25, -0.2) is 0 Å². The normalized spacial score (nSPS) is 10.8. The SMILES string of the molecule is Oc1ccc(CNc2ccc(N=Cc3ccccn3)cc2)cc1. The van der Waals surface area contributed by atoms with Crippen LogP contribution in [-0.2, 0) is 6.54 Å². The van der Waals surface area contributed by atoms with Crippen molar-refractivity contribution in [2.75, 3.05) is 5.32 Å². The minimum Gasteiger partial charge on any atom is -0.508 e. The molecule has 0 aliphatic rings. The van der Waals surface area contributed by atoms with Gasteiger partial charge in [-0.1, -0.05) is 18.2 Å². The molecule has 0 saturated carbocycles. The summed E-state index contributed by atoms with van der Waals surface area (Å²) in [6.45, 7) is 0.705. The summed E-state index contributed by atoms with van der Waals surface area (Å²) in [7, 11) is 0. The molecule has 0 atom stereocenters. The van der Waals surface area contributed by atoms with Gasteiger partial charge >= 0.3 is 0 Å². The first kappa shape index (κ1) is 14.8. The Hall–Kier alpha value is -3.14. The molecule has 2 aromatic carbocycles. The van der Waals surface area contributed by atoms with Crippen LogP contribution in [0.2, 0.25) is 0 Å². The quantitative estimate of drug-likeness (QED) is 0.696. The molecule has 0 aliphatic carbocycles. The van der Waals surface area contributed by atoms with E-state index in [4.69, 9.17) is 0 Å². The zero-order valence-corrected chi connectivity index (χ0v) is 12.6. The number of rotatable bonds is 5. The highest BCUT2D eigenvalue weighted by Gasteiger charge is 1.96. The molecule has 0 unspecified atom stereocenters. The highest BCUT2D eigenvalue weighted by atomic mass is 16.3. The van der Waals surface area contributed by atoms with Crippen LogP contribution in [0.3, 0.4) is 0 Å². The Balaban J connectivity index is 1.58. The largest absolute Gasteiger partial charge is 0.508 e. The summed E-state index contributed by atoms with van der Waals surface area (Å²) in [5.41, 5.74) is 3.85. The van der Waals surface area contributed by atoms with Crippen LogP contribution >= 0.6 is 0 Å². The van der Waals surface area contributed by atoms with Crippen molar-refractivity contribution in [3.05, 3.63) is 84.2 Å². The van der Waals surface area contributed by atoms with E-state index in [2.05, 4.69) is 15.3 Å². The van der Waals surface area contributed by atoms with E-state index in [9.17, 15) is 5.11 Å². The number of hydrogen-bond acceptors (Lipinski definition) is 4. The predicted molar refractivity (Wildman–Crippen MR) is 93.4 cm³/mol. The van der Waals surface area contributed by atoms with Gasteiger partial charge in [-0.3, -0.25) is 9.98 Å². The Bertz CT molecular complexity index is 766. The Labute approximate surface area is 135 Å². The molecule has 114 valence electrons. The minimum absolute atomic E-state index is 0.281. The number of anilines is 1. The Morgan fingerprint density at radius 2 is 1.74 bits per heavy atom. The van der Waals surface area contributed by atoms with Crippen LogP contribution in [0.5, 0.6) is 5.75 Å². The molecule has 0 amide bonds. The third-order valence-electron chi connectivity index (χ3n) is 3.33. The lowest BCUT2D eigenvalue weighted by atomic mass is 10.2. The van der Waals surface area contributed by atoms with Crippen molar-refractivity contribution in [2.24, 2.45) is 4.99 Å². The van der Waals surface area contributed by atoms with Crippen LogP contribution in [0, 0.1) is 0 Å². The highest BCUT2D eigenvalue weighted by molar-refractivity contribution is 5.79. The van der Waals surface area contributed by atoms with Crippen LogP contribution in [0.15, 0.2) is 77.9 Å². The summed E-state index contributed by atoms with van der Waals surface area (Å²) in [5.74, 6) is 0.281. The fourth-order valence-electron chi connectivity index (χ4n) is 2.08. The standard InChI is InChI=1S/C19H17N3O/c23-19-10-4-15(5-11-19)13-21-16-6-8-17(9-7-16)22-14-18-3-1-2-12-20-18/h1-12,14,21,23H,13H2. The first-order chi connectivity index (χ1) is 11.3. The summed E-state index contributed by atoms with van der Waals surface area (Å²) in [5, 5.41) is 12.6. The molecule has 2 N–H and O–H groups in total. The molecular weight excluding hydrogens is 286 g/mol. The van der Waals surface area contributed by atoms with Crippen molar-refractivity contribution in [2.45, 2.75) is 6.54 Å². The van der Waals surface area contributed by atoms with E-state index < -0.39 is 0 Å². The van der Waals surface area contributed by atoms with E-state index in [0.717, 1.165) is 22.6 Å². The molecule has 4 nitrogen and oxygen atoms in total. The van der Waals surface area contributed by atoms with Gasteiger partial charge in [-0.15, -0.1) is 0 Å². The average molecular weight is 303 g/mol. The highest BCUT2D eigenvalue weighted by Crippen LogP contribution is 2.17. The summed E-state index contributed by atoms with van der Waals surface area (Å²) in [6, 6.07) is 20.8. The zero-order chi connectivity index (χ0) is 15.9. The lowest BCUT2D eigenvalue weighted by Gasteiger charge is -2.07. The summed E-state index contributed by atoms with van der Waals surface area (Å²) in [6.07, 6.45) is 3.50. The molecule has 0 fully saturated rings. The third-order valence-corrected chi connectivity index (χ3v) is 3.33.